The molecule has 0 radical (unpaired) electrons. The summed E-state index contributed by atoms with van der Waals surface area (Å²) < 4.78 is 4.58. The Balaban J connectivity index is 0.000000252. The van der Waals surface area contributed by atoms with Crippen LogP contribution in [-0.2, 0) is 4.79 Å². The maximum atomic E-state index is 11.6. The lowest BCUT2D eigenvalue weighted by atomic mass is 9.70. The number of hydrogen-bond donors (Lipinski definition) is 0. The summed E-state index contributed by atoms with van der Waals surface area (Å²) in [6.45, 7) is 0. The van der Waals surface area contributed by atoms with E-state index in [4.69, 9.17) is 0 Å². The molecule has 120 valence electrons. The minimum atomic E-state index is 0.426. The van der Waals surface area contributed by atoms with Gasteiger partial charge in [-0.05, 0) is 52.3 Å². The fourth-order valence-electron chi connectivity index (χ4n) is 3.89. The molecule has 5 rings (SSSR count). The molecule has 0 aliphatic heterocycles. The van der Waals surface area contributed by atoms with Gasteiger partial charge >= 0.3 is 0 Å². The summed E-state index contributed by atoms with van der Waals surface area (Å²) in [5.41, 5.74) is 2.81. The van der Waals surface area contributed by atoms with E-state index < -0.39 is 0 Å². The Kier molecular flexibility index (Phi) is 4.04. The lowest BCUT2D eigenvalue weighted by Gasteiger charge is -2.33. The quantitative estimate of drug-likeness (QED) is 0.540. The third kappa shape index (κ3) is 2.80. The minimum absolute atomic E-state index is 0.426. The van der Waals surface area contributed by atoms with Crippen LogP contribution in [0.15, 0.2) is 71.6 Å². The molecule has 0 saturated heterocycles. The van der Waals surface area contributed by atoms with Crippen molar-refractivity contribution in [2.45, 2.75) is 25.2 Å². The van der Waals surface area contributed by atoms with Gasteiger partial charge in [0.15, 0.2) is 0 Å². The first-order valence-corrected chi connectivity index (χ1v) is 8.51. The molecule has 1 heterocycles. The van der Waals surface area contributed by atoms with Crippen molar-refractivity contribution in [3.8, 4) is 0 Å². The first kappa shape index (κ1) is 14.9. The number of benzene rings is 2. The maximum Gasteiger partial charge on any atom is 0.133 e. The van der Waals surface area contributed by atoms with Gasteiger partial charge in [-0.2, -0.15) is 0 Å². The molecule has 1 unspecified atom stereocenters. The molecule has 2 heteroatoms. The first-order chi connectivity index (χ1) is 11.8. The van der Waals surface area contributed by atoms with Gasteiger partial charge in [0.25, 0.3) is 0 Å². The van der Waals surface area contributed by atoms with E-state index in [1.807, 2.05) is 12.1 Å². The Hall–Kier alpha value is -2.61. The standard InChI is InChI=1S/C18H16O.C4H4O/c19-14-7-10-16-13(11-14)6-9-17-15-4-2-1-3-12(15)5-8-18(16)17;1-2-4-5-3-1/h1-6,8-9,13,16H,7,10-11H2;1-4H/t13?,16-;/m1./s1. The molecule has 1 aromatic heterocycles. The molecular weight excluding hydrogens is 296 g/mol. The van der Waals surface area contributed by atoms with Gasteiger partial charge in [0.2, 0.25) is 0 Å². The van der Waals surface area contributed by atoms with Crippen LogP contribution in [-0.4, -0.2) is 5.78 Å². The highest BCUT2D eigenvalue weighted by atomic mass is 16.3. The zero-order valence-corrected chi connectivity index (χ0v) is 13.5. The largest absolute Gasteiger partial charge is 0.473 e. The van der Waals surface area contributed by atoms with Crippen LogP contribution in [0.25, 0.3) is 16.8 Å². The molecule has 1 fully saturated rings. The predicted octanol–water partition coefficient (Wildman–Crippen LogP) is 5.60. The molecule has 2 atom stereocenters. The molecule has 0 bridgehead atoms. The van der Waals surface area contributed by atoms with Crippen molar-refractivity contribution in [3.63, 3.8) is 0 Å². The van der Waals surface area contributed by atoms with Crippen molar-refractivity contribution in [2.24, 2.45) is 5.92 Å². The van der Waals surface area contributed by atoms with E-state index in [0.717, 1.165) is 19.3 Å². The Labute approximate surface area is 141 Å². The highest BCUT2D eigenvalue weighted by Crippen LogP contribution is 2.44. The number of allylic oxidation sites excluding steroid dienone is 1. The molecule has 2 aromatic carbocycles. The van der Waals surface area contributed by atoms with Crippen molar-refractivity contribution in [1.82, 2.24) is 0 Å². The van der Waals surface area contributed by atoms with Gasteiger partial charge < -0.3 is 4.42 Å². The summed E-state index contributed by atoms with van der Waals surface area (Å²) >= 11 is 0. The Bertz CT molecular complexity index is 857. The lowest BCUT2D eigenvalue weighted by molar-refractivity contribution is -0.121. The van der Waals surface area contributed by atoms with Crippen LogP contribution in [0.2, 0.25) is 0 Å². The van der Waals surface area contributed by atoms with Crippen LogP contribution in [0.5, 0.6) is 0 Å². The van der Waals surface area contributed by atoms with Gasteiger partial charge in [0, 0.05) is 12.8 Å². The monoisotopic (exact) mass is 316 g/mol. The third-order valence-electron chi connectivity index (χ3n) is 5.05. The van der Waals surface area contributed by atoms with Crippen molar-refractivity contribution in [3.05, 3.63) is 78.3 Å². The lowest BCUT2D eigenvalue weighted by Crippen LogP contribution is -2.24. The van der Waals surface area contributed by atoms with E-state index >= 15 is 0 Å². The van der Waals surface area contributed by atoms with Gasteiger partial charge in [-0.1, -0.05) is 48.6 Å². The van der Waals surface area contributed by atoms with Gasteiger partial charge in [-0.3, -0.25) is 4.79 Å². The summed E-state index contributed by atoms with van der Waals surface area (Å²) in [5.74, 6) is 1.40. The summed E-state index contributed by atoms with van der Waals surface area (Å²) in [6, 6.07) is 16.7. The van der Waals surface area contributed by atoms with Gasteiger partial charge in [0.05, 0.1) is 12.5 Å². The molecule has 0 N–H and O–H groups in total. The van der Waals surface area contributed by atoms with Crippen molar-refractivity contribution >= 4 is 22.6 Å². The van der Waals surface area contributed by atoms with Crippen LogP contribution in [0.1, 0.15) is 36.3 Å². The van der Waals surface area contributed by atoms with Crippen molar-refractivity contribution in [2.75, 3.05) is 0 Å². The molecule has 0 spiro atoms. The van der Waals surface area contributed by atoms with Crippen molar-refractivity contribution in [1.29, 1.82) is 0 Å². The van der Waals surface area contributed by atoms with E-state index in [0.29, 0.717) is 17.6 Å². The molecule has 2 nitrogen and oxygen atoms in total. The van der Waals surface area contributed by atoms with E-state index in [1.165, 1.54) is 21.9 Å². The fraction of sp³-hybridized carbons (Fsp3) is 0.227. The second-order valence-electron chi connectivity index (χ2n) is 6.49. The number of furan rings is 1. The number of carbonyl (C=O) groups is 1. The molecule has 24 heavy (non-hydrogen) atoms. The maximum absolute atomic E-state index is 11.6. The second kappa shape index (κ2) is 6.48. The summed E-state index contributed by atoms with van der Waals surface area (Å²) in [4.78, 5) is 11.6. The number of carbonyl (C=O) groups excluding carboxylic acids is 1. The topological polar surface area (TPSA) is 30.2 Å². The number of rotatable bonds is 0. The van der Waals surface area contributed by atoms with Crippen LogP contribution >= 0.6 is 0 Å². The highest BCUT2D eigenvalue weighted by molar-refractivity contribution is 5.93. The number of hydrogen-bond acceptors (Lipinski definition) is 2. The molecule has 1 saturated carbocycles. The first-order valence-electron chi connectivity index (χ1n) is 8.51. The number of Topliss-reactive ketones (excluding diaryl/α,β-unsaturated/α-hetero) is 1. The minimum Gasteiger partial charge on any atom is -0.473 e. The van der Waals surface area contributed by atoms with Crippen LogP contribution < -0.4 is 0 Å². The van der Waals surface area contributed by atoms with Crippen LogP contribution in [0.3, 0.4) is 0 Å². The predicted molar refractivity (Wildman–Crippen MR) is 96.8 cm³/mol. The molecule has 2 aliphatic rings. The summed E-state index contributed by atoms with van der Waals surface area (Å²) in [5, 5.41) is 2.64. The normalized spacial score (nSPS) is 21.6. The van der Waals surface area contributed by atoms with E-state index in [9.17, 15) is 4.79 Å². The van der Waals surface area contributed by atoms with Crippen LogP contribution in [0.4, 0.5) is 0 Å². The molecule has 3 aromatic rings. The van der Waals surface area contributed by atoms with E-state index in [-0.39, 0.29) is 0 Å². The van der Waals surface area contributed by atoms with E-state index in [1.54, 1.807) is 12.5 Å². The zero-order chi connectivity index (χ0) is 16.4. The zero-order valence-electron chi connectivity index (χ0n) is 13.5. The molecule has 2 aliphatic carbocycles. The van der Waals surface area contributed by atoms with Crippen LogP contribution in [0, 0.1) is 5.92 Å². The second-order valence-corrected chi connectivity index (χ2v) is 6.49. The van der Waals surface area contributed by atoms with Gasteiger partial charge in [-0.15, -0.1) is 0 Å². The number of fused-ring (bicyclic) bond motifs is 5. The Morgan fingerprint density at radius 2 is 1.79 bits per heavy atom. The van der Waals surface area contributed by atoms with E-state index in [2.05, 4.69) is 53.0 Å². The fourth-order valence-corrected chi connectivity index (χ4v) is 3.89. The third-order valence-corrected chi connectivity index (χ3v) is 5.05. The Morgan fingerprint density at radius 1 is 0.958 bits per heavy atom. The SMILES string of the molecule is O=C1CC[C@H]2c3ccc4ccccc4c3C=CC2C1.c1ccoc1. The Morgan fingerprint density at radius 3 is 2.58 bits per heavy atom. The summed E-state index contributed by atoms with van der Waals surface area (Å²) in [6.07, 6.45) is 10.2. The number of ketones is 1. The summed E-state index contributed by atoms with van der Waals surface area (Å²) in [7, 11) is 0. The average Bonchev–Trinajstić information content (AvgIpc) is 3.21. The van der Waals surface area contributed by atoms with Crippen molar-refractivity contribution < 1.29 is 9.21 Å². The van der Waals surface area contributed by atoms with Gasteiger partial charge in [-0.25, -0.2) is 0 Å². The molecular formula is C22H20O2. The molecule has 0 amide bonds. The average molecular weight is 316 g/mol. The smallest absolute Gasteiger partial charge is 0.133 e. The van der Waals surface area contributed by atoms with Gasteiger partial charge in [0.1, 0.15) is 5.78 Å². The highest BCUT2D eigenvalue weighted by Gasteiger charge is 2.32.